The van der Waals surface area contributed by atoms with E-state index < -0.39 is 9.84 Å². The highest BCUT2D eigenvalue weighted by atomic mass is 32.2. The lowest BCUT2D eigenvalue weighted by molar-refractivity contribution is 0.601. The average molecular weight is 328 g/mol. The number of aromatic nitrogens is 3. The summed E-state index contributed by atoms with van der Waals surface area (Å²) in [5.41, 5.74) is 8.24. The molecule has 0 fully saturated rings. The van der Waals surface area contributed by atoms with E-state index in [1.807, 2.05) is 29.0 Å². The van der Waals surface area contributed by atoms with Gasteiger partial charge in [-0.05, 0) is 29.8 Å². The van der Waals surface area contributed by atoms with Gasteiger partial charge in [-0.1, -0.05) is 12.1 Å². The number of benzene rings is 1. The molecule has 0 aliphatic rings. The van der Waals surface area contributed by atoms with Crippen molar-refractivity contribution in [2.75, 3.05) is 12.0 Å². The molecule has 3 rings (SSSR count). The van der Waals surface area contributed by atoms with Crippen molar-refractivity contribution in [3.05, 3.63) is 60.6 Å². The van der Waals surface area contributed by atoms with Crippen molar-refractivity contribution >= 4 is 15.7 Å². The Morgan fingerprint density at radius 3 is 2.48 bits per heavy atom. The van der Waals surface area contributed by atoms with Crippen LogP contribution in [0, 0.1) is 0 Å². The van der Waals surface area contributed by atoms with Crippen molar-refractivity contribution in [3.8, 4) is 17.1 Å². The van der Waals surface area contributed by atoms with Gasteiger partial charge in [0.05, 0.1) is 5.75 Å². The highest BCUT2D eigenvalue weighted by molar-refractivity contribution is 7.89. The number of nitrogen functional groups attached to an aromatic ring is 1. The Balaban J connectivity index is 1.96. The monoisotopic (exact) mass is 328 g/mol. The summed E-state index contributed by atoms with van der Waals surface area (Å²) >= 11 is 0. The summed E-state index contributed by atoms with van der Waals surface area (Å²) in [6.45, 7) is 0. The molecule has 23 heavy (non-hydrogen) atoms. The van der Waals surface area contributed by atoms with Gasteiger partial charge in [-0.3, -0.25) is 4.57 Å². The maximum Gasteiger partial charge on any atom is 0.151 e. The zero-order valence-electron chi connectivity index (χ0n) is 12.5. The molecule has 1 aromatic carbocycles. The predicted molar refractivity (Wildman–Crippen MR) is 89.8 cm³/mol. The molecule has 2 N–H and O–H groups in total. The van der Waals surface area contributed by atoms with Crippen molar-refractivity contribution < 1.29 is 8.42 Å². The number of hydrogen-bond acceptors (Lipinski definition) is 5. The first kappa shape index (κ1) is 15.2. The summed E-state index contributed by atoms with van der Waals surface area (Å²) in [6, 6.07) is 11.0. The van der Waals surface area contributed by atoms with E-state index in [0.29, 0.717) is 5.82 Å². The van der Waals surface area contributed by atoms with Crippen molar-refractivity contribution in [1.29, 1.82) is 0 Å². The summed E-state index contributed by atoms with van der Waals surface area (Å²) in [5, 5.41) is 0. The molecule has 0 amide bonds. The lowest BCUT2D eigenvalue weighted by atomic mass is 10.2. The Morgan fingerprint density at radius 1 is 1.09 bits per heavy atom. The smallest absolute Gasteiger partial charge is 0.151 e. The third kappa shape index (κ3) is 3.57. The number of sulfone groups is 1. The highest BCUT2D eigenvalue weighted by Crippen LogP contribution is 2.22. The Hall–Kier alpha value is -2.67. The van der Waals surface area contributed by atoms with E-state index in [1.165, 1.54) is 6.26 Å². The van der Waals surface area contributed by atoms with Crippen molar-refractivity contribution in [2.24, 2.45) is 0 Å². The molecular formula is C16H16N4O2S. The maximum absolute atomic E-state index is 11.4. The molecule has 0 saturated heterocycles. The molecule has 0 radical (unpaired) electrons. The molecule has 0 saturated carbocycles. The molecule has 6 nitrogen and oxygen atoms in total. The number of hydrogen-bond donors (Lipinski definition) is 1. The number of pyridine rings is 1. The second kappa shape index (κ2) is 5.85. The van der Waals surface area contributed by atoms with Crippen LogP contribution in [0.1, 0.15) is 5.56 Å². The third-order valence-corrected chi connectivity index (χ3v) is 4.18. The second-order valence-electron chi connectivity index (χ2n) is 5.33. The van der Waals surface area contributed by atoms with Crippen molar-refractivity contribution in [1.82, 2.24) is 14.5 Å². The van der Waals surface area contributed by atoms with E-state index in [-0.39, 0.29) is 5.75 Å². The molecule has 0 bridgehead atoms. The van der Waals surface area contributed by atoms with Crippen LogP contribution in [0.4, 0.5) is 5.82 Å². The van der Waals surface area contributed by atoms with Gasteiger partial charge in [0.15, 0.2) is 9.84 Å². The fraction of sp³-hybridized carbons (Fsp3) is 0.125. The fourth-order valence-electron chi connectivity index (χ4n) is 2.37. The summed E-state index contributed by atoms with van der Waals surface area (Å²) in [5.74, 6) is 1.21. The van der Waals surface area contributed by atoms with Gasteiger partial charge >= 0.3 is 0 Å². The van der Waals surface area contributed by atoms with Crippen molar-refractivity contribution in [3.63, 3.8) is 0 Å². The van der Waals surface area contributed by atoms with E-state index in [2.05, 4.69) is 9.97 Å². The van der Waals surface area contributed by atoms with E-state index in [9.17, 15) is 8.42 Å². The highest BCUT2D eigenvalue weighted by Gasteiger charge is 2.09. The number of imidazole rings is 1. The molecular weight excluding hydrogens is 312 g/mol. The van der Waals surface area contributed by atoms with E-state index in [4.69, 9.17) is 5.73 Å². The first-order valence-electron chi connectivity index (χ1n) is 6.95. The largest absolute Gasteiger partial charge is 0.384 e. The maximum atomic E-state index is 11.4. The molecule has 0 aliphatic carbocycles. The van der Waals surface area contributed by atoms with Gasteiger partial charge in [0.2, 0.25) is 0 Å². The van der Waals surface area contributed by atoms with Crippen molar-refractivity contribution in [2.45, 2.75) is 5.75 Å². The van der Waals surface area contributed by atoms with Crippen LogP contribution in [0.3, 0.4) is 0 Å². The van der Waals surface area contributed by atoms with Crippen LogP contribution in [0.15, 0.2) is 55.0 Å². The molecule has 2 aromatic heterocycles. The van der Waals surface area contributed by atoms with Gasteiger partial charge < -0.3 is 5.73 Å². The van der Waals surface area contributed by atoms with Crippen LogP contribution < -0.4 is 5.73 Å². The van der Waals surface area contributed by atoms with Gasteiger partial charge in [0.1, 0.15) is 11.6 Å². The molecule has 0 unspecified atom stereocenters. The number of rotatable bonds is 4. The molecule has 3 aromatic rings. The lowest BCUT2D eigenvalue weighted by Gasteiger charge is -2.09. The molecule has 0 spiro atoms. The zero-order chi connectivity index (χ0) is 16.4. The molecule has 118 valence electrons. The standard InChI is InChI=1S/C16H16N4O2S/c1-23(21,22)11-12-2-4-14(5-3-12)20-9-8-19-16(20)13-6-7-18-15(17)10-13/h2-10H,11H2,1H3,(H2,17,18). The number of nitrogens with two attached hydrogens (primary N) is 1. The summed E-state index contributed by atoms with van der Waals surface area (Å²) in [4.78, 5) is 8.35. The van der Waals surface area contributed by atoms with Crippen LogP contribution in [-0.2, 0) is 15.6 Å². The summed E-state index contributed by atoms with van der Waals surface area (Å²) in [7, 11) is -3.04. The van der Waals surface area contributed by atoms with Gasteiger partial charge in [-0.2, -0.15) is 0 Å². The summed E-state index contributed by atoms with van der Waals surface area (Å²) in [6.07, 6.45) is 6.41. The Kier molecular flexibility index (Phi) is 3.87. The minimum absolute atomic E-state index is 0.0327. The van der Waals surface area contributed by atoms with E-state index in [0.717, 1.165) is 22.6 Å². The summed E-state index contributed by atoms with van der Waals surface area (Å²) < 4.78 is 24.6. The predicted octanol–water partition coefficient (Wildman–Crippen LogP) is 2.06. The van der Waals surface area contributed by atoms with E-state index in [1.54, 1.807) is 30.6 Å². The average Bonchev–Trinajstić information content (AvgIpc) is 2.96. The molecule has 2 heterocycles. The van der Waals surface area contributed by atoms with Gasteiger partial charge in [0, 0.05) is 36.1 Å². The number of nitrogens with zero attached hydrogens (tertiary/aromatic N) is 3. The molecule has 7 heteroatoms. The Bertz CT molecular complexity index is 931. The quantitative estimate of drug-likeness (QED) is 0.791. The van der Waals surface area contributed by atoms with Gasteiger partial charge in [-0.15, -0.1) is 0 Å². The second-order valence-corrected chi connectivity index (χ2v) is 7.47. The zero-order valence-corrected chi connectivity index (χ0v) is 13.4. The third-order valence-electron chi connectivity index (χ3n) is 3.32. The number of anilines is 1. The minimum Gasteiger partial charge on any atom is -0.384 e. The Morgan fingerprint density at radius 2 is 1.83 bits per heavy atom. The van der Waals surface area contributed by atoms with Gasteiger partial charge in [-0.25, -0.2) is 18.4 Å². The Labute approximate surface area is 134 Å². The van der Waals surface area contributed by atoms with Crippen LogP contribution in [0.25, 0.3) is 17.1 Å². The van der Waals surface area contributed by atoms with Crippen LogP contribution in [-0.4, -0.2) is 29.2 Å². The topological polar surface area (TPSA) is 90.9 Å². The fourth-order valence-corrected chi connectivity index (χ4v) is 3.17. The molecule has 0 atom stereocenters. The van der Waals surface area contributed by atoms with E-state index >= 15 is 0 Å². The molecule has 0 aliphatic heterocycles. The van der Waals surface area contributed by atoms with Crippen LogP contribution in [0.2, 0.25) is 0 Å². The normalized spacial score (nSPS) is 11.5. The van der Waals surface area contributed by atoms with Crippen LogP contribution >= 0.6 is 0 Å². The van der Waals surface area contributed by atoms with Gasteiger partial charge in [0.25, 0.3) is 0 Å². The first-order valence-corrected chi connectivity index (χ1v) is 9.01. The lowest BCUT2D eigenvalue weighted by Crippen LogP contribution is -2.01. The van der Waals surface area contributed by atoms with Crippen LogP contribution in [0.5, 0.6) is 0 Å². The SMILES string of the molecule is CS(=O)(=O)Cc1ccc(-n2ccnc2-c2ccnc(N)c2)cc1. The first-order chi connectivity index (χ1) is 10.9. The minimum atomic E-state index is -3.04.